The van der Waals surface area contributed by atoms with E-state index in [0.717, 1.165) is 10.7 Å². The molecule has 2 rings (SSSR count). The van der Waals surface area contributed by atoms with Crippen LogP contribution in [0.5, 0.6) is 0 Å². The van der Waals surface area contributed by atoms with Crippen LogP contribution in [0.25, 0.3) is 0 Å². The monoisotopic (exact) mass is 303 g/mol. The highest BCUT2D eigenvalue weighted by Gasteiger charge is 2.21. The van der Waals surface area contributed by atoms with E-state index in [1.54, 1.807) is 6.20 Å². The number of hydrogen-bond acceptors (Lipinski definition) is 3. The van der Waals surface area contributed by atoms with Crippen LogP contribution in [0.4, 0.5) is 0 Å². The molecule has 1 amide bonds. The quantitative estimate of drug-likeness (QED) is 0.770. The molecule has 1 aromatic heterocycles. The molecule has 21 heavy (non-hydrogen) atoms. The molecule has 0 fully saturated rings. The second-order valence-corrected chi connectivity index (χ2v) is 6.23. The third-order valence-corrected chi connectivity index (χ3v) is 4.48. The zero-order valence-electron chi connectivity index (χ0n) is 12.7. The summed E-state index contributed by atoms with van der Waals surface area (Å²) in [7, 11) is 1.94. The van der Waals surface area contributed by atoms with Gasteiger partial charge >= 0.3 is 0 Å². The van der Waals surface area contributed by atoms with Crippen LogP contribution in [0.1, 0.15) is 19.4 Å². The number of thioether (sulfide) groups is 1. The Hall–Kier alpha value is -1.75. The maximum absolute atomic E-state index is 12.6. The summed E-state index contributed by atoms with van der Waals surface area (Å²) in [6.45, 7) is 5.31. The average molecular weight is 303 g/mol. The summed E-state index contributed by atoms with van der Waals surface area (Å²) in [5.74, 6) is 0.148. The van der Waals surface area contributed by atoms with E-state index < -0.39 is 0 Å². The Morgan fingerprint density at radius 1 is 1.38 bits per heavy atom. The molecule has 112 valence electrons. The average Bonchev–Trinajstić information content (AvgIpc) is 2.90. The molecule has 0 aliphatic rings. The van der Waals surface area contributed by atoms with Crippen molar-refractivity contribution >= 4 is 17.7 Å². The first-order valence-electron chi connectivity index (χ1n) is 7.08. The van der Waals surface area contributed by atoms with Crippen LogP contribution in [0, 0.1) is 0 Å². The number of aryl methyl sites for hydroxylation is 1. The second kappa shape index (κ2) is 7.31. The summed E-state index contributed by atoms with van der Waals surface area (Å²) < 4.78 is 1.93. The van der Waals surface area contributed by atoms with Crippen molar-refractivity contribution in [2.24, 2.45) is 7.05 Å². The third-order valence-electron chi connectivity index (χ3n) is 3.32. The molecule has 0 saturated heterocycles. The predicted octanol–water partition coefficient (Wildman–Crippen LogP) is 2.95. The van der Waals surface area contributed by atoms with Crippen molar-refractivity contribution in [2.45, 2.75) is 30.8 Å². The van der Waals surface area contributed by atoms with Crippen LogP contribution in [0.2, 0.25) is 0 Å². The van der Waals surface area contributed by atoms with E-state index in [0.29, 0.717) is 13.1 Å². The Morgan fingerprint density at radius 2 is 2.10 bits per heavy atom. The fourth-order valence-electron chi connectivity index (χ4n) is 2.08. The maximum atomic E-state index is 12.6. The number of imidazole rings is 1. The standard InChI is InChI=1S/C16H21N3OS/c1-4-19(12-14-8-6-5-7-9-14)15(20)13(2)21-16-17-10-11-18(16)3/h5-11,13H,4,12H2,1-3H3. The molecule has 0 saturated carbocycles. The Kier molecular flexibility index (Phi) is 5.44. The van der Waals surface area contributed by atoms with Gasteiger partial charge in [-0.15, -0.1) is 0 Å². The lowest BCUT2D eigenvalue weighted by atomic mass is 10.2. The fourth-order valence-corrected chi connectivity index (χ4v) is 3.00. The highest BCUT2D eigenvalue weighted by molar-refractivity contribution is 8.00. The smallest absolute Gasteiger partial charge is 0.236 e. The van der Waals surface area contributed by atoms with E-state index >= 15 is 0 Å². The van der Waals surface area contributed by atoms with E-state index in [2.05, 4.69) is 4.98 Å². The third kappa shape index (κ3) is 4.11. The summed E-state index contributed by atoms with van der Waals surface area (Å²) in [6.07, 6.45) is 3.64. The van der Waals surface area contributed by atoms with E-state index in [4.69, 9.17) is 0 Å². The molecular formula is C16H21N3OS. The normalized spacial score (nSPS) is 12.1. The molecular weight excluding hydrogens is 282 g/mol. The molecule has 0 bridgehead atoms. The number of aromatic nitrogens is 2. The molecule has 0 aliphatic carbocycles. The van der Waals surface area contributed by atoms with Gasteiger partial charge in [0.15, 0.2) is 5.16 Å². The van der Waals surface area contributed by atoms with Crippen molar-refractivity contribution in [1.29, 1.82) is 0 Å². The highest BCUT2D eigenvalue weighted by atomic mass is 32.2. The van der Waals surface area contributed by atoms with E-state index in [-0.39, 0.29) is 11.2 Å². The van der Waals surface area contributed by atoms with Gasteiger partial charge in [0.05, 0.1) is 5.25 Å². The topological polar surface area (TPSA) is 38.1 Å². The van der Waals surface area contributed by atoms with E-state index in [1.807, 2.05) is 66.9 Å². The lowest BCUT2D eigenvalue weighted by Gasteiger charge is -2.24. The zero-order chi connectivity index (χ0) is 15.2. The van der Waals surface area contributed by atoms with Gasteiger partial charge in [0.2, 0.25) is 5.91 Å². The minimum atomic E-state index is -0.144. The number of amides is 1. The highest BCUT2D eigenvalue weighted by Crippen LogP contribution is 2.22. The van der Waals surface area contributed by atoms with Crippen LogP contribution >= 0.6 is 11.8 Å². The largest absolute Gasteiger partial charge is 0.338 e. The van der Waals surface area contributed by atoms with Gasteiger partial charge in [-0.3, -0.25) is 4.79 Å². The minimum Gasteiger partial charge on any atom is -0.338 e. The predicted molar refractivity (Wildman–Crippen MR) is 86.1 cm³/mol. The number of nitrogens with zero attached hydrogens (tertiary/aromatic N) is 3. The number of hydrogen-bond donors (Lipinski definition) is 0. The molecule has 1 atom stereocenters. The lowest BCUT2D eigenvalue weighted by Crippen LogP contribution is -2.36. The summed E-state index contributed by atoms with van der Waals surface area (Å²) >= 11 is 1.50. The molecule has 4 nitrogen and oxygen atoms in total. The first-order chi connectivity index (χ1) is 10.1. The molecule has 1 heterocycles. The number of carbonyl (C=O) groups is 1. The Balaban J connectivity index is 2.00. The summed E-state index contributed by atoms with van der Waals surface area (Å²) in [4.78, 5) is 18.7. The van der Waals surface area contributed by atoms with Crippen LogP contribution in [-0.4, -0.2) is 32.2 Å². The second-order valence-electron chi connectivity index (χ2n) is 4.92. The van der Waals surface area contributed by atoms with Crippen LogP contribution in [0.3, 0.4) is 0 Å². The van der Waals surface area contributed by atoms with Crippen molar-refractivity contribution < 1.29 is 4.79 Å². The Labute approximate surface area is 130 Å². The number of rotatable bonds is 6. The lowest BCUT2D eigenvalue weighted by molar-refractivity contribution is -0.130. The number of benzene rings is 1. The zero-order valence-corrected chi connectivity index (χ0v) is 13.5. The Morgan fingerprint density at radius 3 is 2.67 bits per heavy atom. The Bertz CT molecular complexity index is 582. The van der Waals surface area contributed by atoms with Crippen molar-refractivity contribution in [3.05, 3.63) is 48.3 Å². The first-order valence-corrected chi connectivity index (χ1v) is 7.96. The molecule has 2 aromatic rings. The van der Waals surface area contributed by atoms with Gasteiger partial charge in [0.25, 0.3) is 0 Å². The molecule has 1 aromatic carbocycles. The minimum absolute atomic E-state index is 0.144. The summed E-state index contributed by atoms with van der Waals surface area (Å²) in [5.41, 5.74) is 1.15. The molecule has 0 N–H and O–H groups in total. The fraction of sp³-hybridized carbons (Fsp3) is 0.375. The first kappa shape index (κ1) is 15.6. The van der Waals surface area contributed by atoms with Crippen molar-refractivity contribution in [1.82, 2.24) is 14.5 Å². The van der Waals surface area contributed by atoms with Crippen LogP contribution in [0.15, 0.2) is 47.9 Å². The van der Waals surface area contributed by atoms with Crippen molar-refractivity contribution in [3.63, 3.8) is 0 Å². The van der Waals surface area contributed by atoms with Gasteiger partial charge in [0, 0.05) is 32.5 Å². The van der Waals surface area contributed by atoms with E-state index in [9.17, 15) is 4.79 Å². The van der Waals surface area contributed by atoms with Crippen LogP contribution < -0.4 is 0 Å². The van der Waals surface area contributed by atoms with Gasteiger partial charge in [-0.2, -0.15) is 0 Å². The van der Waals surface area contributed by atoms with Gasteiger partial charge in [-0.25, -0.2) is 4.98 Å². The number of carbonyl (C=O) groups excluding carboxylic acids is 1. The van der Waals surface area contributed by atoms with Crippen molar-refractivity contribution in [2.75, 3.05) is 6.54 Å². The molecule has 0 radical (unpaired) electrons. The summed E-state index contributed by atoms with van der Waals surface area (Å²) in [5, 5.41) is 0.723. The molecule has 0 aliphatic heterocycles. The maximum Gasteiger partial charge on any atom is 0.236 e. The summed E-state index contributed by atoms with van der Waals surface area (Å²) in [6, 6.07) is 10.1. The van der Waals surface area contributed by atoms with Gasteiger partial charge in [0.1, 0.15) is 0 Å². The molecule has 1 unspecified atom stereocenters. The van der Waals surface area contributed by atoms with E-state index in [1.165, 1.54) is 11.8 Å². The van der Waals surface area contributed by atoms with Gasteiger partial charge in [-0.05, 0) is 19.4 Å². The van der Waals surface area contributed by atoms with Crippen molar-refractivity contribution in [3.8, 4) is 0 Å². The molecule has 5 heteroatoms. The van der Waals surface area contributed by atoms with Crippen LogP contribution in [-0.2, 0) is 18.4 Å². The van der Waals surface area contributed by atoms with Gasteiger partial charge in [-0.1, -0.05) is 42.1 Å². The SMILES string of the molecule is CCN(Cc1ccccc1)C(=O)C(C)Sc1nccn1C. The molecule has 0 spiro atoms. The van der Waals surface area contributed by atoms with Gasteiger partial charge < -0.3 is 9.47 Å².